The number of nitrogens with one attached hydrogen (secondary N) is 2. The minimum absolute atomic E-state index is 0.00946. The van der Waals surface area contributed by atoms with Gasteiger partial charge < -0.3 is 29.2 Å². The number of anilines is 2. The summed E-state index contributed by atoms with van der Waals surface area (Å²) >= 11 is 0. The summed E-state index contributed by atoms with van der Waals surface area (Å²) in [7, 11) is -0.426. The van der Waals surface area contributed by atoms with E-state index in [0.29, 0.717) is 6.61 Å². The molecule has 0 fully saturated rings. The van der Waals surface area contributed by atoms with Gasteiger partial charge in [-0.25, -0.2) is 19.4 Å². The number of aromatic nitrogens is 2. The molecule has 0 spiro atoms. The number of ether oxygens (including phenoxy) is 3. The lowest BCUT2D eigenvalue weighted by Gasteiger charge is -2.38. The van der Waals surface area contributed by atoms with E-state index in [2.05, 4.69) is 48.2 Å². The van der Waals surface area contributed by atoms with Crippen LogP contribution >= 0.6 is 0 Å². The van der Waals surface area contributed by atoms with Crippen LogP contribution in [0.5, 0.6) is 0 Å². The number of benzene rings is 1. The zero-order chi connectivity index (χ0) is 38.9. The molecule has 1 unspecified atom stereocenters. The molecule has 17 heteroatoms. The molecule has 0 saturated heterocycles. The Bertz CT molecular complexity index is 1600. The number of imidazole rings is 1. The van der Waals surface area contributed by atoms with E-state index in [9.17, 15) is 37.5 Å². The van der Waals surface area contributed by atoms with Crippen molar-refractivity contribution in [3.05, 3.63) is 55.5 Å². The number of methoxy groups -OCH3 is 1. The molecule has 1 aromatic carbocycles. The highest BCUT2D eigenvalue weighted by atomic mass is 28.3. The Balaban J connectivity index is 2.96. The van der Waals surface area contributed by atoms with Gasteiger partial charge in [0.2, 0.25) is 0 Å². The Morgan fingerprint density at radius 2 is 1.73 bits per heavy atom. The quantitative estimate of drug-likeness (QED) is 0.0900. The molecule has 0 saturated carbocycles. The van der Waals surface area contributed by atoms with Crippen molar-refractivity contribution in [2.75, 3.05) is 23.9 Å². The molecule has 1 heterocycles. The van der Waals surface area contributed by atoms with Crippen LogP contribution in [0.2, 0.25) is 25.7 Å². The van der Waals surface area contributed by atoms with E-state index in [0.717, 1.165) is 32.2 Å². The lowest BCUT2D eigenvalue weighted by Crippen LogP contribution is -2.59. The predicted molar refractivity (Wildman–Crippen MR) is 189 cm³/mol. The van der Waals surface area contributed by atoms with Gasteiger partial charge >= 0.3 is 30.2 Å². The van der Waals surface area contributed by atoms with Crippen LogP contribution in [0.15, 0.2) is 49.7 Å². The van der Waals surface area contributed by atoms with Crippen molar-refractivity contribution in [3.8, 4) is 11.3 Å². The van der Waals surface area contributed by atoms with Crippen LogP contribution in [-0.2, 0) is 30.5 Å². The molecular weight excluding hydrogens is 691 g/mol. The minimum Gasteiger partial charge on any atom is -0.479 e. The number of halogens is 3. The SMILES string of the molecule is C=CC[C@H](NC(=O)OC(C)(C)C)c1nc(-c2ccc(NC(=O)OC)cc2N(C(=O)C(F)(F)F)C(C)(CC=C)C(=O)O)cn1COCC[Si](C)(C)C. The number of carbonyl (C=O) groups excluding carboxylic acids is 3. The third kappa shape index (κ3) is 12.0. The lowest BCUT2D eigenvalue weighted by molar-refractivity contribution is -0.173. The number of alkyl carbamates (subject to hydrolysis) is 1. The second-order valence-corrected chi connectivity index (χ2v) is 19.7. The fraction of sp³-hybridized carbons (Fsp3) is 0.500. The number of alkyl halides is 3. The van der Waals surface area contributed by atoms with E-state index in [4.69, 9.17) is 14.5 Å². The van der Waals surface area contributed by atoms with E-state index in [1.165, 1.54) is 24.4 Å². The maximum absolute atomic E-state index is 14.3. The molecule has 2 aromatic rings. The zero-order valence-electron chi connectivity index (χ0n) is 30.3. The van der Waals surface area contributed by atoms with Gasteiger partial charge in [0, 0.05) is 32.1 Å². The van der Waals surface area contributed by atoms with Gasteiger partial charge in [0.05, 0.1) is 24.5 Å². The summed E-state index contributed by atoms with van der Waals surface area (Å²) in [6.45, 7) is 20.1. The topological polar surface area (TPSA) is 161 Å². The Morgan fingerprint density at radius 1 is 1.08 bits per heavy atom. The van der Waals surface area contributed by atoms with E-state index >= 15 is 0 Å². The van der Waals surface area contributed by atoms with E-state index in [1.807, 2.05) is 0 Å². The number of rotatable bonds is 16. The van der Waals surface area contributed by atoms with Crippen LogP contribution in [0.1, 0.15) is 52.4 Å². The fourth-order valence-corrected chi connectivity index (χ4v) is 5.55. The number of aliphatic carboxylic acids is 1. The summed E-state index contributed by atoms with van der Waals surface area (Å²) in [6, 6.07) is 3.57. The minimum atomic E-state index is -5.53. The Hall–Kier alpha value is -4.64. The molecule has 1 aromatic heterocycles. The van der Waals surface area contributed by atoms with Gasteiger partial charge in [-0.2, -0.15) is 13.2 Å². The van der Waals surface area contributed by atoms with E-state index in [-0.39, 0.29) is 40.8 Å². The molecule has 3 N–H and O–H groups in total. The largest absolute Gasteiger partial charge is 0.479 e. The van der Waals surface area contributed by atoms with E-state index < -0.39 is 67.6 Å². The highest BCUT2D eigenvalue weighted by Crippen LogP contribution is 2.41. The van der Waals surface area contributed by atoms with Gasteiger partial charge in [-0.3, -0.25) is 15.0 Å². The number of hydrogen-bond donors (Lipinski definition) is 3. The Morgan fingerprint density at radius 3 is 2.24 bits per heavy atom. The molecule has 0 aliphatic heterocycles. The zero-order valence-corrected chi connectivity index (χ0v) is 31.3. The number of nitrogens with zero attached hydrogens (tertiary/aromatic N) is 3. The molecule has 2 rings (SSSR count). The number of carboxylic acids is 1. The van der Waals surface area contributed by atoms with Crippen LogP contribution in [0, 0.1) is 0 Å². The summed E-state index contributed by atoms with van der Waals surface area (Å²) in [6.07, 6.45) is -3.66. The third-order valence-corrected chi connectivity index (χ3v) is 9.03. The monoisotopic (exact) mass is 739 g/mol. The van der Waals surface area contributed by atoms with Crippen LogP contribution in [0.25, 0.3) is 11.3 Å². The lowest BCUT2D eigenvalue weighted by atomic mass is 9.92. The summed E-state index contributed by atoms with van der Waals surface area (Å²) in [5.41, 5.74) is -4.13. The Kier molecular flexibility index (Phi) is 14.2. The van der Waals surface area contributed by atoms with E-state index in [1.54, 1.807) is 25.3 Å². The van der Waals surface area contributed by atoms with Gasteiger partial charge in [0.1, 0.15) is 23.7 Å². The first-order chi connectivity index (χ1) is 23.5. The standard InChI is InChI=1S/C34H48F3N5O8Si/c1-11-13-24(40-31(47)50-32(3,4)5)27-39-25(20-41(27)21-49-17-18-51(8,9)10)23-15-14-22(38-30(46)48-7)19-26(23)42(28(43)34(35,36)37)33(6,16-12-2)29(44)45/h11-12,14-15,19-20,24H,1-2,13,16-18,21H2,3-10H3,(H,38,46)(H,40,47)(H,44,45)/t24-,33?/m0/s1. The fourth-order valence-electron chi connectivity index (χ4n) is 4.79. The molecule has 0 radical (unpaired) electrons. The smallest absolute Gasteiger partial charge is 0.471 e. The number of carboxylic acid groups (broad SMARTS) is 1. The molecule has 0 aliphatic carbocycles. The summed E-state index contributed by atoms with van der Waals surface area (Å²) in [4.78, 5) is 55.6. The molecule has 13 nitrogen and oxygen atoms in total. The van der Waals surface area contributed by atoms with Gasteiger partial charge in [-0.05, 0) is 64.8 Å². The maximum atomic E-state index is 14.3. The van der Waals surface area contributed by atoms with Crippen molar-refractivity contribution in [1.29, 1.82) is 0 Å². The third-order valence-electron chi connectivity index (χ3n) is 7.33. The molecule has 282 valence electrons. The summed E-state index contributed by atoms with van der Waals surface area (Å²) < 4.78 is 60.4. The number of amides is 3. The Labute approximate surface area is 296 Å². The van der Waals surface area contributed by atoms with Gasteiger partial charge in [0.25, 0.3) is 0 Å². The van der Waals surface area contributed by atoms with Crippen molar-refractivity contribution in [2.45, 2.75) is 96.3 Å². The van der Waals surface area contributed by atoms with Gasteiger partial charge in [-0.1, -0.05) is 31.8 Å². The first-order valence-corrected chi connectivity index (χ1v) is 19.7. The van der Waals surface area contributed by atoms with Crippen LogP contribution in [-0.4, -0.2) is 77.8 Å². The first-order valence-electron chi connectivity index (χ1n) is 16.0. The number of carbonyl (C=O) groups is 4. The summed E-state index contributed by atoms with van der Waals surface area (Å²) in [5, 5.41) is 15.3. The van der Waals surface area contributed by atoms with Gasteiger partial charge in [-0.15, -0.1) is 13.2 Å². The number of hydrogen-bond acceptors (Lipinski definition) is 8. The van der Waals surface area contributed by atoms with Crippen molar-refractivity contribution in [3.63, 3.8) is 0 Å². The average Bonchev–Trinajstić information content (AvgIpc) is 3.41. The van der Waals surface area contributed by atoms with Crippen molar-refractivity contribution in [2.24, 2.45) is 0 Å². The highest BCUT2D eigenvalue weighted by Gasteiger charge is 2.52. The highest BCUT2D eigenvalue weighted by molar-refractivity contribution is 6.76. The van der Waals surface area contributed by atoms with Crippen molar-refractivity contribution in [1.82, 2.24) is 14.9 Å². The molecule has 2 atom stereocenters. The van der Waals surface area contributed by atoms with Gasteiger partial charge in [0.15, 0.2) is 0 Å². The molecule has 3 amide bonds. The first kappa shape index (κ1) is 42.5. The molecule has 51 heavy (non-hydrogen) atoms. The predicted octanol–water partition coefficient (Wildman–Crippen LogP) is 7.50. The average molecular weight is 740 g/mol. The summed E-state index contributed by atoms with van der Waals surface area (Å²) in [5.74, 6) is -4.05. The molecular formula is C34H48F3N5O8Si. The normalized spacial score (nSPS) is 13.7. The van der Waals surface area contributed by atoms with Crippen molar-refractivity contribution >= 4 is 43.5 Å². The second-order valence-electron chi connectivity index (χ2n) is 14.1. The van der Waals surface area contributed by atoms with Crippen LogP contribution in [0.4, 0.5) is 34.1 Å². The van der Waals surface area contributed by atoms with Crippen LogP contribution < -0.4 is 15.5 Å². The second kappa shape index (κ2) is 17.0. The molecule has 0 aliphatic rings. The molecule has 0 bridgehead atoms. The maximum Gasteiger partial charge on any atom is 0.471 e. The van der Waals surface area contributed by atoms with Crippen molar-refractivity contribution < 1.29 is 51.7 Å². The van der Waals surface area contributed by atoms with Crippen LogP contribution in [0.3, 0.4) is 0 Å².